The zero-order valence-electron chi connectivity index (χ0n) is 33.2. The Bertz CT molecular complexity index is 984. The van der Waals surface area contributed by atoms with Crippen LogP contribution in [0.5, 0.6) is 0 Å². The number of hydrogen-bond acceptors (Lipinski definition) is 6. The first-order valence-electron chi connectivity index (χ1n) is 20.9. The molecule has 302 valence electrons. The fourth-order valence-electron chi connectivity index (χ4n) is 5.78. The SMILES string of the molecule is CC/C=C\C/C=C\C/C=C\C/C=C\CCCCC(=O)OC(COC(=O)CCCCCCCCCCCCCCCCCCCCC)COP(=O)(O)O. The molecule has 0 aromatic heterocycles. The van der Waals surface area contributed by atoms with Gasteiger partial charge in [-0.25, -0.2) is 4.57 Å². The summed E-state index contributed by atoms with van der Waals surface area (Å²) in [5.74, 6) is -0.929. The predicted octanol–water partition coefficient (Wildman–Crippen LogP) is 12.7. The van der Waals surface area contributed by atoms with E-state index in [1.165, 1.54) is 103 Å². The molecule has 0 fully saturated rings. The minimum Gasteiger partial charge on any atom is -0.462 e. The molecule has 9 heteroatoms. The van der Waals surface area contributed by atoms with Crippen LogP contribution in [0, 0.1) is 0 Å². The molecule has 0 aliphatic heterocycles. The fourth-order valence-corrected chi connectivity index (χ4v) is 6.14. The highest BCUT2D eigenvalue weighted by atomic mass is 31.2. The minimum atomic E-state index is -4.76. The molecule has 52 heavy (non-hydrogen) atoms. The fraction of sp³-hybridized carbons (Fsp3) is 0.767. The number of rotatable bonds is 38. The van der Waals surface area contributed by atoms with Crippen molar-refractivity contribution in [3.8, 4) is 0 Å². The van der Waals surface area contributed by atoms with E-state index in [4.69, 9.17) is 19.3 Å². The Morgan fingerprint density at radius 1 is 0.519 bits per heavy atom. The monoisotopic (exact) mass is 753 g/mol. The number of phosphoric acid groups is 1. The molecular formula is C43H77O8P. The topological polar surface area (TPSA) is 119 Å². The highest BCUT2D eigenvalue weighted by Gasteiger charge is 2.22. The molecule has 0 amide bonds. The minimum absolute atomic E-state index is 0.160. The first-order valence-corrected chi connectivity index (χ1v) is 22.5. The lowest BCUT2D eigenvalue weighted by Gasteiger charge is -2.18. The summed E-state index contributed by atoms with van der Waals surface area (Å²) < 4.78 is 26.3. The van der Waals surface area contributed by atoms with Crippen molar-refractivity contribution in [2.24, 2.45) is 0 Å². The van der Waals surface area contributed by atoms with E-state index < -0.39 is 32.5 Å². The van der Waals surface area contributed by atoms with Crippen LogP contribution in [0.2, 0.25) is 0 Å². The highest BCUT2D eigenvalue weighted by Crippen LogP contribution is 2.36. The third kappa shape index (κ3) is 40.8. The van der Waals surface area contributed by atoms with Crippen molar-refractivity contribution < 1.29 is 37.9 Å². The molecule has 8 nitrogen and oxygen atoms in total. The van der Waals surface area contributed by atoms with Gasteiger partial charge < -0.3 is 19.3 Å². The number of unbranched alkanes of at least 4 members (excludes halogenated alkanes) is 20. The lowest BCUT2D eigenvalue weighted by molar-refractivity contribution is -0.161. The average Bonchev–Trinajstić information content (AvgIpc) is 3.11. The largest absolute Gasteiger partial charge is 0.469 e. The summed E-state index contributed by atoms with van der Waals surface area (Å²) in [6.45, 7) is 3.55. The zero-order valence-corrected chi connectivity index (χ0v) is 34.1. The average molecular weight is 753 g/mol. The summed E-state index contributed by atoms with van der Waals surface area (Å²) in [6.07, 6.45) is 47.0. The first kappa shape index (κ1) is 50.0. The Labute approximate surface area is 318 Å². The number of carbonyl (C=O) groups is 2. The molecule has 1 atom stereocenters. The predicted molar refractivity (Wildman–Crippen MR) is 216 cm³/mol. The van der Waals surface area contributed by atoms with Crippen LogP contribution >= 0.6 is 7.82 Å². The summed E-state index contributed by atoms with van der Waals surface area (Å²) in [5, 5.41) is 0. The molecule has 0 radical (unpaired) electrons. The summed E-state index contributed by atoms with van der Waals surface area (Å²) in [4.78, 5) is 42.8. The van der Waals surface area contributed by atoms with Crippen molar-refractivity contribution >= 4 is 19.8 Å². The maximum Gasteiger partial charge on any atom is 0.469 e. The van der Waals surface area contributed by atoms with Crippen molar-refractivity contribution in [1.29, 1.82) is 0 Å². The van der Waals surface area contributed by atoms with Crippen LogP contribution in [0.4, 0.5) is 0 Å². The normalized spacial score (nSPS) is 12.9. The number of allylic oxidation sites excluding steroid dienone is 8. The van der Waals surface area contributed by atoms with E-state index in [9.17, 15) is 14.2 Å². The van der Waals surface area contributed by atoms with E-state index in [1.54, 1.807) is 0 Å². The molecule has 1 unspecified atom stereocenters. The number of phosphoric ester groups is 1. The van der Waals surface area contributed by atoms with Crippen LogP contribution in [0.25, 0.3) is 0 Å². The Morgan fingerprint density at radius 3 is 1.38 bits per heavy atom. The molecule has 0 aliphatic carbocycles. The van der Waals surface area contributed by atoms with Gasteiger partial charge in [0.15, 0.2) is 6.10 Å². The van der Waals surface area contributed by atoms with Gasteiger partial charge in [-0.15, -0.1) is 0 Å². The van der Waals surface area contributed by atoms with E-state index >= 15 is 0 Å². The standard InChI is InChI=1S/C43H77O8P/c1-3-5-7-9-11-13-15-17-19-20-21-22-24-25-27-29-31-33-35-37-42(44)49-39-41(40-50-52(46,47)48)51-43(45)38-36-34-32-30-28-26-23-18-16-14-12-10-8-6-4-2/h6,8,12,14,18,23,28,30,41H,3-5,7,9-11,13,15-17,19-22,24-27,29,31-40H2,1-2H3,(H2,46,47,48)/b8-6-,14-12-,23-18-,30-28-. The molecule has 0 saturated heterocycles. The van der Waals surface area contributed by atoms with Gasteiger partial charge >= 0.3 is 19.8 Å². The summed E-state index contributed by atoms with van der Waals surface area (Å²) in [6, 6.07) is 0. The van der Waals surface area contributed by atoms with Gasteiger partial charge in [0.05, 0.1) is 6.61 Å². The Kier molecular flexibility index (Phi) is 37.2. The quantitative estimate of drug-likeness (QED) is 0.0277. The van der Waals surface area contributed by atoms with Gasteiger partial charge in [0, 0.05) is 12.8 Å². The third-order valence-electron chi connectivity index (χ3n) is 8.86. The Hall–Kier alpha value is -1.99. The van der Waals surface area contributed by atoms with E-state index in [2.05, 4.69) is 67.0 Å². The van der Waals surface area contributed by atoms with E-state index in [0.29, 0.717) is 6.42 Å². The molecule has 0 aromatic rings. The van der Waals surface area contributed by atoms with Gasteiger partial charge in [-0.1, -0.05) is 178 Å². The van der Waals surface area contributed by atoms with Crippen LogP contribution in [0.1, 0.15) is 194 Å². The second-order valence-electron chi connectivity index (χ2n) is 13.9. The molecule has 0 bridgehead atoms. The van der Waals surface area contributed by atoms with E-state index in [-0.39, 0.29) is 19.4 Å². The second-order valence-corrected chi connectivity index (χ2v) is 15.2. The van der Waals surface area contributed by atoms with Gasteiger partial charge in [-0.05, 0) is 51.4 Å². The number of ether oxygens (including phenoxy) is 2. The zero-order chi connectivity index (χ0) is 38.2. The molecule has 0 aromatic carbocycles. The molecule has 0 saturated carbocycles. The van der Waals surface area contributed by atoms with E-state index in [0.717, 1.165) is 57.8 Å². The second kappa shape index (κ2) is 38.7. The van der Waals surface area contributed by atoms with Crippen molar-refractivity contribution in [2.45, 2.75) is 200 Å². The van der Waals surface area contributed by atoms with Crippen LogP contribution in [0.3, 0.4) is 0 Å². The van der Waals surface area contributed by atoms with Crippen LogP contribution in [-0.2, 0) is 28.2 Å². The van der Waals surface area contributed by atoms with Crippen LogP contribution in [-0.4, -0.2) is 41.0 Å². The molecule has 2 N–H and O–H groups in total. The molecule has 0 heterocycles. The molecule has 0 aliphatic rings. The summed E-state index contributed by atoms with van der Waals surface area (Å²) in [7, 11) is -4.76. The van der Waals surface area contributed by atoms with Gasteiger partial charge in [0.25, 0.3) is 0 Å². The molecular weight excluding hydrogens is 675 g/mol. The number of esters is 2. The smallest absolute Gasteiger partial charge is 0.462 e. The van der Waals surface area contributed by atoms with Crippen molar-refractivity contribution in [3.05, 3.63) is 48.6 Å². The molecule has 0 spiro atoms. The number of carbonyl (C=O) groups excluding carboxylic acids is 2. The van der Waals surface area contributed by atoms with E-state index in [1.807, 2.05) is 0 Å². The third-order valence-corrected chi connectivity index (χ3v) is 9.35. The van der Waals surface area contributed by atoms with Crippen molar-refractivity contribution in [3.63, 3.8) is 0 Å². The Balaban J connectivity index is 3.94. The van der Waals surface area contributed by atoms with Crippen molar-refractivity contribution in [1.82, 2.24) is 0 Å². The van der Waals surface area contributed by atoms with Gasteiger partial charge in [0.2, 0.25) is 0 Å². The maximum atomic E-state index is 12.4. The highest BCUT2D eigenvalue weighted by molar-refractivity contribution is 7.46. The van der Waals surface area contributed by atoms with Crippen LogP contribution < -0.4 is 0 Å². The molecule has 0 rings (SSSR count). The Morgan fingerprint density at radius 2 is 0.923 bits per heavy atom. The number of hydrogen-bond donors (Lipinski definition) is 2. The van der Waals surface area contributed by atoms with Crippen LogP contribution in [0.15, 0.2) is 48.6 Å². The van der Waals surface area contributed by atoms with Crippen molar-refractivity contribution in [2.75, 3.05) is 13.2 Å². The first-order chi connectivity index (χ1) is 25.3. The summed E-state index contributed by atoms with van der Waals surface area (Å²) >= 11 is 0. The van der Waals surface area contributed by atoms with Gasteiger partial charge in [0.1, 0.15) is 6.61 Å². The lowest BCUT2D eigenvalue weighted by Crippen LogP contribution is -2.29. The van der Waals surface area contributed by atoms with Gasteiger partial charge in [-0.2, -0.15) is 0 Å². The summed E-state index contributed by atoms with van der Waals surface area (Å²) in [5.41, 5.74) is 0. The maximum absolute atomic E-state index is 12.4. The van der Waals surface area contributed by atoms with Gasteiger partial charge in [-0.3, -0.25) is 14.1 Å². The lowest BCUT2D eigenvalue weighted by atomic mass is 10.0.